The summed E-state index contributed by atoms with van der Waals surface area (Å²) in [4.78, 5) is -0.121. The van der Waals surface area contributed by atoms with Gasteiger partial charge < -0.3 is 29.8 Å². The maximum atomic E-state index is 13.2. The summed E-state index contributed by atoms with van der Waals surface area (Å²) in [5.41, 5.74) is 0. The Balaban J connectivity index is 1.18. The molecule has 290 valence electrons. The molecule has 0 spiro atoms. The Morgan fingerprint density at radius 3 is 0.982 bits per heavy atom. The highest BCUT2D eigenvalue weighted by Crippen LogP contribution is 2.27. The molecule has 25 heteroatoms. The monoisotopic (exact) mass is 821 g/mol. The zero-order valence-electron chi connectivity index (χ0n) is 27.9. The minimum atomic E-state index is -4.44. The predicted octanol–water partition coefficient (Wildman–Crippen LogP) is -0.112. The molecule has 0 saturated carbocycles. The van der Waals surface area contributed by atoms with Crippen LogP contribution in [0.2, 0.25) is 0 Å². The van der Waals surface area contributed by atoms with Gasteiger partial charge in [0.1, 0.15) is 19.8 Å². The van der Waals surface area contributed by atoms with Gasteiger partial charge in [0, 0.05) is 19.6 Å². The van der Waals surface area contributed by atoms with E-state index in [9.17, 15) is 40.9 Å². The highest BCUT2D eigenvalue weighted by atomic mass is 32.2. The summed E-state index contributed by atoms with van der Waals surface area (Å²) >= 11 is 0. The number of ether oxygens (including phenoxy) is 3. The number of hydrogen-bond donors (Lipinski definition) is 0. The quantitative estimate of drug-likeness (QED) is 0.102. The molecule has 0 fully saturated rings. The molecule has 0 atom stereocenters. The van der Waals surface area contributed by atoms with Crippen LogP contribution in [0.4, 0.5) is 0 Å². The molecule has 6 aromatic rings. The summed E-state index contributed by atoms with van der Waals surface area (Å²) < 4.78 is 109. The Bertz CT molecular complexity index is 2280. The van der Waals surface area contributed by atoms with Crippen LogP contribution in [0.25, 0.3) is 0 Å². The molecule has 3 aromatic heterocycles. The molecule has 0 radical (unpaired) electrons. The van der Waals surface area contributed by atoms with Gasteiger partial charge in [-0.15, -0.1) is 0 Å². The normalized spacial score (nSPS) is 12.2. The first kappa shape index (κ1) is 38.4. The molecule has 22 nitrogen and oxygen atoms in total. The average Bonchev–Trinajstić information content (AvgIpc) is 3.88. The first-order valence-corrected chi connectivity index (χ1v) is 20.1. The fourth-order valence-electron chi connectivity index (χ4n) is 4.87. The number of sulfone groups is 3. The fourth-order valence-corrected chi connectivity index (χ4v) is 8.76. The zero-order chi connectivity index (χ0) is 39.2. The standard InChI is InChI=1S/C30H27N7O15S3/c38-35-28(53(41,42)22-10-4-1-5-11-22)25(31-50-35)47-19-16-34(17-20-48-26-29(36(39)51-32-26)54(43,44)23-12-6-2-7-13-23)18-21-49-27-30(37(40)52-33-27)55(45,46)24-14-8-3-9-15-24/h1-15H,16-21H2. The molecule has 0 N–H and O–H groups in total. The van der Waals surface area contributed by atoms with Crippen LogP contribution in [0, 0.1) is 15.6 Å². The molecule has 55 heavy (non-hydrogen) atoms. The van der Waals surface area contributed by atoms with Crippen LogP contribution in [0.1, 0.15) is 0 Å². The molecule has 0 saturated heterocycles. The summed E-state index contributed by atoms with van der Waals surface area (Å²) in [7, 11) is -13.3. The Kier molecular flexibility index (Phi) is 11.2. The zero-order valence-corrected chi connectivity index (χ0v) is 30.3. The number of benzene rings is 3. The van der Waals surface area contributed by atoms with Crippen molar-refractivity contribution in [2.45, 2.75) is 29.8 Å². The van der Waals surface area contributed by atoms with Crippen molar-refractivity contribution in [3.63, 3.8) is 0 Å². The number of hydrogen-bond acceptors (Lipinski definition) is 19. The van der Waals surface area contributed by atoms with Crippen LogP contribution in [0.15, 0.2) is 135 Å². The molecular formula is C30H27N7O15S3. The lowest BCUT2D eigenvalue weighted by Gasteiger charge is -2.21. The van der Waals surface area contributed by atoms with Gasteiger partial charge in [0.2, 0.25) is 0 Å². The third kappa shape index (κ3) is 8.13. The molecule has 0 aliphatic heterocycles. The van der Waals surface area contributed by atoms with Gasteiger partial charge in [-0.1, -0.05) is 54.6 Å². The Morgan fingerprint density at radius 2 is 0.727 bits per heavy atom. The van der Waals surface area contributed by atoms with Crippen LogP contribution < -0.4 is 28.9 Å². The van der Waals surface area contributed by atoms with Crippen molar-refractivity contribution in [3.05, 3.63) is 107 Å². The van der Waals surface area contributed by atoms with Crippen molar-refractivity contribution in [2.75, 3.05) is 39.5 Å². The van der Waals surface area contributed by atoms with Gasteiger partial charge in [0.05, 0.1) is 30.2 Å². The number of rotatable bonds is 18. The Labute approximate surface area is 310 Å². The van der Waals surface area contributed by atoms with E-state index in [1.807, 2.05) is 0 Å². The van der Waals surface area contributed by atoms with E-state index in [1.54, 1.807) is 18.2 Å². The molecule has 0 unspecified atom stereocenters. The highest BCUT2D eigenvalue weighted by molar-refractivity contribution is 7.92. The van der Waals surface area contributed by atoms with Gasteiger partial charge >= 0.3 is 32.7 Å². The molecule has 0 amide bonds. The van der Waals surface area contributed by atoms with E-state index in [0.717, 1.165) is 0 Å². The van der Waals surface area contributed by atoms with Crippen molar-refractivity contribution >= 4 is 29.5 Å². The molecule has 0 bridgehead atoms. The second-order valence-corrected chi connectivity index (χ2v) is 16.6. The van der Waals surface area contributed by atoms with Crippen molar-refractivity contribution in [1.29, 1.82) is 0 Å². The van der Waals surface area contributed by atoms with E-state index in [1.165, 1.54) is 77.7 Å². The molecule has 0 aliphatic rings. The maximum absolute atomic E-state index is 13.2. The van der Waals surface area contributed by atoms with Crippen molar-refractivity contribution < 1.29 is 68.1 Å². The third-order valence-electron chi connectivity index (χ3n) is 7.50. The van der Waals surface area contributed by atoms with Crippen LogP contribution >= 0.6 is 0 Å². The molecule has 0 aliphatic carbocycles. The van der Waals surface area contributed by atoms with Gasteiger partial charge in [-0.05, 0) is 51.1 Å². The van der Waals surface area contributed by atoms with Crippen LogP contribution in [0.3, 0.4) is 0 Å². The van der Waals surface area contributed by atoms with E-state index >= 15 is 0 Å². The second-order valence-electron chi connectivity index (χ2n) is 11.0. The lowest BCUT2D eigenvalue weighted by atomic mass is 10.4. The van der Waals surface area contributed by atoms with E-state index in [2.05, 4.69) is 29.4 Å². The second kappa shape index (κ2) is 16.0. The predicted molar refractivity (Wildman–Crippen MR) is 175 cm³/mol. The average molecular weight is 822 g/mol. The molecule has 3 aromatic carbocycles. The SMILES string of the molecule is O=S(=O)(c1ccccc1)c1c(OCCN(CCOc2no[n+]([O-])c2S(=O)(=O)c2ccccc2)CCOc2no[n+]([O-])c2S(=O)(=O)c2ccccc2)no[n+]1[O-]. The van der Waals surface area contributed by atoms with E-state index in [4.69, 9.17) is 14.2 Å². The summed E-state index contributed by atoms with van der Waals surface area (Å²) in [5.74, 6) is -1.95. The minimum absolute atomic E-state index is 0.103. The van der Waals surface area contributed by atoms with E-state index < -0.39 is 62.2 Å². The van der Waals surface area contributed by atoms with E-state index in [-0.39, 0.29) is 68.9 Å². The van der Waals surface area contributed by atoms with Crippen LogP contribution in [-0.4, -0.2) is 85.1 Å². The third-order valence-corrected chi connectivity index (χ3v) is 12.7. The smallest absolute Gasteiger partial charge is 0.415 e. The van der Waals surface area contributed by atoms with Crippen molar-refractivity contribution in [3.8, 4) is 17.6 Å². The first-order chi connectivity index (χ1) is 26.3. The van der Waals surface area contributed by atoms with Gasteiger partial charge in [-0.3, -0.25) is 18.8 Å². The van der Waals surface area contributed by atoms with E-state index in [0.29, 0.717) is 0 Å². The van der Waals surface area contributed by atoms with Gasteiger partial charge in [-0.2, -0.15) is 0 Å². The maximum Gasteiger partial charge on any atom is 0.415 e. The van der Waals surface area contributed by atoms with Gasteiger partial charge in [0.15, 0.2) is 0 Å². The summed E-state index contributed by atoms with van der Waals surface area (Å²) in [6.07, 6.45) is 0. The lowest BCUT2D eigenvalue weighted by Crippen LogP contribution is -2.36. The molecule has 3 heterocycles. The Morgan fingerprint density at radius 1 is 0.473 bits per heavy atom. The topological polar surface area (TPSA) is 292 Å². The molecule has 6 rings (SSSR count). The summed E-state index contributed by atoms with van der Waals surface area (Å²) in [6, 6.07) is 21.0. The van der Waals surface area contributed by atoms with Crippen LogP contribution in [0.5, 0.6) is 17.6 Å². The van der Waals surface area contributed by atoms with Crippen LogP contribution in [-0.2, 0) is 29.5 Å². The van der Waals surface area contributed by atoms with Gasteiger partial charge in [-0.25, -0.2) is 25.3 Å². The largest absolute Gasteiger partial charge is 0.453 e. The number of nitrogens with zero attached hydrogens (tertiary/aromatic N) is 7. The molecular weight excluding hydrogens is 795 g/mol. The van der Waals surface area contributed by atoms with Gasteiger partial charge in [0.25, 0.3) is 29.5 Å². The Hall–Kier alpha value is -6.31. The highest BCUT2D eigenvalue weighted by Gasteiger charge is 2.38. The lowest BCUT2D eigenvalue weighted by molar-refractivity contribution is -0.832. The summed E-state index contributed by atoms with van der Waals surface area (Å²) in [5, 5.41) is 44.5. The minimum Gasteiger partial charge on any atom is -0.453 e. The number of aromatic nitrogens is 6. The fraction of sp³-hybridized carbons (Fsp3) is 0.200. The summed E-state index contributed by atoms with van der Waals surface area (Å²) in [6.45, 7) is -1.35. The first-order valence-electron chi connectivity index (χ1n) is 15.6. The van der Waals surface area contributed by atoms with Crippen molar-refractivity contribution in [2.24, 2.45) is 0 Å². The van der Waals surface area contributed by atoms with Crippen molar-refractivity contribution in [1.82, 2.24) is 20.4 Å².